The Morgan fingerprint density at radius 2 is 2.11 bits per heavy atom. The molecule has 0 radical (unpaired) electrons. The van der Waals surface area contributed by atoms with Gasteiger partial charge in [0.05, 0.1) is 16.1 Å². The van der Waals surface area contributed by atoms with Gasteiger partial charge in [-0.05, 0) is 12.8 Å². The van der Waals surface area contributed by atoms with Crippen LogP contribution in [0.15, 0.2) is 0 Å². The van der Waals surface area contributed by atoms with E-state index in [1.165, 1.54) is 11.3 Å². The Morgan fingerprint density at radius 3 is 2.61 bits per heavy atom. The van der Waals surface area contributed by atoms with Crippen molar-refractivity contribution >= 4 is 33.7 Å². The van der Waals surface area contributed by atoms with Crippen LogP contribution in [-0.4, -0.2) is 24.8 Å². The van der Waals surface area contributed by atoms with Crippen LogP contribution in [0.2, 0.25) is 0 Å². The Bertz CT molecular complexity index is 492. The van der Waals surface area contributed by atoms with Crippen LogP contribution in [0.25, 0.3) is 0 Å². The van der Waals surface area contributed by atoms with E-state index in [2.05, 4.69) is 10.6 Å². The molecule has 0 saturated heterocycles. The third-order valence-electron chi connectivity index (χ3n) is 2.89. The number of nitrogens with two attached hydrogens (primary N) is 1. The molecule has 6 heteroatoms. The predicted molar refractivity (Wildman–Crippen MR) is 73.4 cm³/mol. The van der Waals surface area contributed by atoms with Gasteiger partial charge in [0, 0.05) is 19.5 Å². The highest BCUT2D eigenvalue weighted by atomic mass is 32.1. The first-order chi connectivity index (χ1) is 8.58. The molecule has 0 bridgehead atoms. The van der Waals surface area contributed by atoms with E-state index in [4.69, 9.17) is 5.73 Å². The molecule has 5 nitrogen and oxygen atoms in total. The van der Waals surface area contributed by atoms with Crippen molar-refractivity contribution in [2.45, 2.75) is 32.2 Å². The van der Waals surface area contributed by atoms with Gasteiger partial charge in [-0.1, -0.05) is 6.92 Å². The number of thiophene rings is 1. The molecule has 1 aliphatic rings. The molecular weight excluding hydrogens is 250 g/mol. The topological polar surface area (TPSA) is 84.2 Å². The molecule has 4 N–H and O–H groups in total. The highest BCUT2D eigenvalue weighted by molar-refractivity contribution is 7.19. The molecule has 98 valence electrons. The Morgan fingerprint density at radius 1 is 1.44 bits per heavy atom. The molecule has 1 fully saturated rings. The van der Waals surface area contributed by atoms with Crippen LogP contribution < -0.4 is 16.4 Å². The second kappa shape index (κ2) is 4.97. The van der Waals surface area contributed by atoms with Crippen LogP contribution in [0.4, 0.5) is 10.7 Å². The number of ketones is 1. The molecule has 0 spiro atoms. The third kappa shape index (κ3) is 2.33. The monoisotopic (exact) mass is 267 g/mol. The van der Waals surface area contributed by atoms with E-state index in [0.717, 1.165) is 12.8 Å². The zero-order valence-electron chi connectivity index (χ0n) is 10.5. The second-order valence-electron chi connectivity index (χ2n) is 4.32. The molecule has 1 heterocycles. The second-order valence-corrected chi connectivity index (χ2v) is 5.34. The third-order valence-corrected chi connectivity index (χ3v) is 4.06. The summed E-state index contributed by atoms with van der Waals surface area (Å²) in [4.78, 5) is 24.1. The Balaban J connectivity index is 2.41. The molecule has 0 atom stereocenters. The zero-order chi connectivity index (χ0) is 13.3. The van der Waals surface area contributed by atoms with Gasteiger partial charge >= 0.3 is 0 Å². The van der Waals surface area contributed by atoms with Gasteiger partial charge in [-0.3, -0.25) is 9.59 Å². The van der Waals surface area contributed by atoms with Crippen LogP contribution in [0.5, 0.6) is 0 Å². The zero-order valence-corrected chi connectivity index (χ0v) is 11.3. The van der Waals surface area contributed by atoms with Crippen LogP contribution >= 0.6 is 11.3 Å². The van der Waals surface area contributed by atoms with Gasteiger partial charge in [-0.2, -0.15) is 0 Å². The standard InChI is InChI=1S/C12H17N3O2S/c1-3-7(16)10-9(13)8(11(17)14-2)12(18-10)15-6-4-5-6/h6,15H,3-5,13H2,1-2H3,(H,14,17). The first-order valence-electron chi connectivity index (χ1n) is 6.02. The molecule has 1 saturated carbocycles. The summed E-state index contributed by atoms with van der Waals surface area (Å²) in [5.74, 6) is -0.270. The highest BCUT2D eigenvalue weighted by Gasteiger charge is 2.28. The SMILES string of the molecule is CCC(=O)c1sc(NC2CC2)c(C(=O)NC)c1N. The van der Waals surface area contributed by atoms with Crippen molar-refractivity contribution in [3.63, 3.8) is 0 Å². The van der Waals surface area contributed by atoms with Gasteiger partial charge in [0.15, 0.2) is 5.78 Å². The molecule has 0 aromatic carbocycles. The predicted octanol–water partition coefficient (Wildman–Crippen LogP) is 1.86. The van der Waals surface area contributed by atoms with Crippen molar-refractivity contribution < 1.29 is 9.59 Å². The van der Waals surface area contributed by atoms with E-state index in [-0.39, 0.29) is 11.7 Å². The minimum Gasteiger partial charge on any atom is -0.397 e. The first-order valence-corrected chi connectivity index (χ1v) is 6.84. The fourth-order valence-corrected chi connectivity index (χ4v) is 2.88. The van der Waals surface area contributed by atoms with E-state index in [0.29, 0.717) is 33.6 Å². The maximum Gasteiger partial charge on any atom is 0.256 e. The molecule has 1 aliphatic carbocycles. The molecule has 1 amide bonds. The highest BCUT2D eigenvalue weighted by Crippen LogP contribution is 2.39. The van der Waals surface area contributed by atoms with Crippen LogP contribution in [0.1, 0.15) is 46.2 Å². The molecular formula is C12H17N3O2S. The van der Waals surface area contributed by atoms with E-state index in [9.17, 15) is 9.59 Å². The lowest BCUT2D eigenvalue weighted by Gasteiger charge is -2.05. The molecule has 1 aromatic rings. The number of carbonyl (C=O) groups excluding carboxylic acids is 2. The van der Waals surface area contributed by atoms with E-state index < -0.39 is 0 Å². The number of hydrogen-bond acceptors (Lipinski definition) is 5. The smallest absolute Gasteiger partial charge is 0.256 e. The average molecular weight is 267 g/mol. The summed E-state index contributed by atoms with van der Waals surface area (Å²) < 4.78 is 0. The molecule has 0 aliphatic heterocycles. The van der Waals surface area contributed by atoms with Crippen molar-refractivity contribution in [3.05, 3.63) is 10.4 Å². The van der Waals surface area contributed by atoms with Crippen LogP contribution in [-0.2, 0) is 0 Å². The molecule has 18 heavy (non-hydrogen) atoms. The van der Waals surface area contributed by atoms with Crippen LogP contribution in [0.3, 0.4) is 0 Å². The summed E-state index contributed by atoms with van der Waals surface area (Å²) in [5.41, 5.74) is 6.65. The van der Waals surface area contributed by atoms with Crippen molar-refractivity contribution in [2.75, 3.05) is 18.1 Å². The average Bonchev–Trinajstić information content (AvgIpc) is 3.12. The van der Waals surface area contributed by atoms with Crippen molar-refractivity contribution in [1.29, 1.82) is 0 Å². The van der Waals surface area contributed by atoms with Gasteiger partial charge < -0.3 is 16.4 Å². The van der Waals surface area contributed by atoms with E-state index in [1.54, 1.807) is 14.0 Å². The lowest BCUT2D eigenvalue weighted by Crippen LogP contribution is -2.20. The molecule has 2 rings (SSSR count). The lowest BCUT2D eigenvalue weighted by atomic mass is 10.1. The van der Waals surface area contributed by atoms with Crippen molar-refractivity contribution in [2.24, 2.45) is 0 Å². The van der Waals surface area contributed by atoms with E-state index in [1.807, 2.05) is 0 Å². The number of hydrogen-bond donors (Lipinski definition) is 3. The Kier molecular flexibility index (Phi) is 3.56. The summed E-state index contributed by atoms with van der Waals surface area (Å²) >= 11 is 1.28. The number of rotatable bonds is 5. The number of amides is 1. The number of carbonyl (C=O) groups is 2. The van der Waals surface area contributed by atoms with Gasteiger partial charge in [0.2, 0.25) is 0 Å². The van der Waals surface area contributed by atoms with Crippen molar-refractivity contribution in [1.82, 2.24) is 5.32 Å². The summed E-state index contributed by atoms with van der Waals surface area (Å²) in [7, 11) is 1.56. The maximum absolute atomic E-state index is 11.8. The minimum atomic E-state index is -0.248. The fourth-order valence-electron chi connectivity index (χ4n) is 1.68. The summed E-state index contributed by atoms with van der Waals surface area (Å²) in [6, 6.07) is 0.413. The number of anilines is 2. The fraction of sp³-hybridized carbons (Fsp3) is 0.500. The summed E-state index contributed by atoms with van der Waals surface area (Å²) in [5, 5.41) is 6.54. The number of nitrogen functional groups attached to an aromatic ring is 1. The van der Waals surface area contributed by atoms with Gasteiger partial charge in [-0.15, -0.1) is 11.3 Å². The van der Waals surface area contributed by atoms with Gasteiger partial charge in [-0.25, -0.2) is 0 Å². The van der Waals surface area contributed by atoms with Gasteiger partial charge in [0.1, 0.15) is 5.00 Å². The maximum atomic E-state index is 11.8. The first kappa shape index (κ1) is 12.9. The Hall–Kier alpha value is -1.56. The largest absolute Gasteiger partial charge is 0.397 e. The normalized spacial score (nSPS) is 14.3. The number of nitrogens with one attached hydrogen (secondary N) is 2. The van der Waals surface area contributed by atoms with Crippen molar-refractivity contribution in [3.8, 4) is 0 Å². The minimum absolute atomic E-state index is 0.0218. The molecule has 0 unspecified atom stereocenters. The van der Waals surface area contributed by atoms with E-state index >= 15 is 0 Å². The van der Waals surface area contributed by atoms with Gasteiger partial charge in [0.25, 0.3) is 5.91 Å². The number of Topliss-reactive ketones (excluding diaryl/α,β-unsaturated/α-hetero) is 1. The summed E-state index contributed by atoms with van der Waals surface area (Å²) in [6.45, 7) is 1.79. The molecule has 1 aromatic heterocycles. The Labute approximate surface area is 110 Å². The quantitative estimate of drug-likeness (QED) is 0.711. The van der Waals surface area contributed by atoms with Crippen LogP contribution in [0, 0.1) is 0 Å². The lowest BCUT2D eigenvalue weighted by molar-refractivity contribution is 0.0964. The summed E-state index contributed by atoms with van der Waals surface area (Å²) in [6.07, 6.45) is 2.59.